The van der Waals surface area contributed by atoms with Crippen molar-refractivity contribution in [2.45, 2.75) is 13.8 Å². The van der Waals surface area contributed by atoms with Crippen molar-refractivity contribution in [2.24, 2.45) is 4.99 Å². The molecule has 0 fully saturated rings. The summed E-state index contributed by atoms with van der Waals surface area (Å²) in [7, 11) is 1.85. The van der Waals surface area contributed by atoms with E-state index in [0.29, 0.717) is 6.54 Å². The van der Waals surface area contributed by atoms with Gasteiger partial charge in [0.15, 0.2) is 0 Å². The highest BCUT2D eigenvalue weighted by Gasteiger charge is 1.99. The van der Waals surface area contributed by atoms with Gasteiger partial charge in [0.2, 0.25) is 0 Å². The lowest BCUT2D eigenvalue weighted by Gasteiger charge is -2.17. The minimum atomic E-state index is 0.401. The van der Waals surface area contributed by atoms with Gasteiger partial charge in [-0.2, -0.15) is 0 Å². The minimum Gasteiger partial charge on any atom is -0.370 e. The van der Waals surface area contributed by atoms with Crippen LogP contribution in [0, 0.1) is 0 Å². The lowest BCUT2D eigenvalue weighted by atomic mass is 10.3. The quantitative estimate of drug-likeness (QED) is 0.448. The van der Waals surface area contributed by atoms with Crippen LogP contribution in [0.3, 0.4) is 0 Å². The van der Waals surface area contributed by atoms with Gasteiger partial charge in [-0.1, -0.05) is 0 Å². The van der Waals surface area contributed by atoms with Gasteiger partial charge in [-0.15, -0.1) is 0 Å². The summed E-state index contributed by atoms with van der Waals surface area (Å²) in [5, 5.41) is 0. The Balaban J connectivity index is 4.31. The molecule has 0 unspecified atom stereocenters. The van der Waals surface area contributed by atoms with Crippen molar-refractivity contribution in [1.82, 2.24) is 4.90 Å². The number of nitrogens with zero attached hydrogens (tertiary/aromatic N) is 2. The summed E-state index contributed by atoms with van der Waals surface area (Å²) < 4.78 is 0. The largest absolute Gasteiger partial charge is 0.370 e. The third kappa shape index (κ3) is 2.98. The van der Waals surface area contributed by atoms with E-state index >= 15 is 0 Å². The van der Waals surface area contributed by atoms with Gasteiger partial charge in [-0.05, 0) is 20.6 Å². The summed E-state index contributed by atoms with van der Waals surface area (Å²) in [6.45, 7) is 7.58. The van der Waals surface area contributed by atoms with Crippen molar-refractivity contribution in [3.05, 3.63) is 11.4 Å². The Kier molecular flexibility index (Phi) is 4.18. The molecule has 0 heterocycles. The highest BCUT2D eigenvalue weighted by Crippen LogP contribution is 2.06. The van der Waals surface area contributed by atoms with Crippen molar-refractivity contribution in [3.8, 4) is 0 Å². The zero-order valence-corrected chi connectivity index (χ0v) is 7.29. The van der Waals surface area contributed by atoms with Gasteiger partial charge in [0, 0.05) is 12.7 Å². The Morgan fingerprint density at radius 3 is 2.55 bits per heavy atom. The lowest BCUT2D eigenvalue weighted by Crippen LogP contribution is -2.19. The first-order valence-electron chi connectivity index (χ1n) is 3.42. The molecule has 0 radical (unpaired) electrons. The monoisotopic (exact) mass is 154 g/mol. The predicted octanol–water partition coefficient (Wildman–Crippen LogP) is 1.07. The average Bonchev–Trinajstić information content (AvgIpc) is 2.02. The lowest BCUT2D eigenvalue weighted by molar-refractivity contribution is -0.108. The normalized spacial score (nSPS) is 11.9. The Hall–Kier alpha value is -1.12. The first kappa shape index (κ1) is 9.88. The molecule has 0 N–H and O–H groups in total. The van der Waals surface area contributed by atoms with Crippen LogP contribution in [-0.2, 0) is 4.79 Å². The van der Waals surface area contributed by atoms with Crippen LogP contribution < -0.4 is 0 Å². The summed E-state index contributed by atoms with van der Waals surface area (Å²) in [5.74, 6) is 0. The number of hydrogen-bond donors (Lipinski definition) is 0. The van der Waals surface area contributed by atoms with Crippen LogP contribution in [0.5, 0.6) is 0 Å². The fraction of sp³-hybridized carbons (Fsp3) is 0.500. The molecule has 0 aliphatic carbocycles. The Bertz CT molecular complexity index is 185. The van der Waals surface area contributed by atoms with Gasteiger partial charge < -0.3 is 9.69 Å². The molecular weight excluding hydrogens is 140 g/mol. The van der Waals surface area contributed by atoms with Gasteiger partial charge in [-0.3, -0.25) is 4.99 Å². The SMILES string of the molecule is C=N/C(C)=C(/C)N(C)CC=O. The van der Waals surface area contributed by atoms with Gasteiger partial charge in [-0.25, -0.2) is 0 Å². The highest BCUT2D eigenvalue weighted by atomic mass is 16.1. The van der Waals surface area contributed by atoms with Crippen LogP contribution in [0.4, 0.5) is 0 Å². The zero-order chi connectivity index (χ0) is 8.85. The molecule has 0 aromatic carbocycles. The summed E-state index contributed by atoms with van der Waals surface area (Å²) in [4.78, 5) is 15.7. The van der Waals surface area contributed by atoms with Crippen LogP contribution in [0.15, 0.2) is 16.4 Å². The van der Waals surface area contributed by atoms with Gasteiger partial charge in [0.05, 0.1) is 12.2 Å². The van der Waals surface area contributed by atoms with Crippen molar-refractivity contribution in [3.63, 3.8) is 0 Å². The van der Waals surface area contributed by atoms with E-state index in [1.807, 2.05) is 25.8 Å². The summed E-state index contributed by atoms with van der Waals surface area (Å²) >= 11 is 0. The minimum absolute atomic E-state index is 0.401. The molecule has 3 heteroatoms. The molecule has 0 aliphatic rings. The molecule has 0 atom stereocenters. The van der Waals surface area contributed by atoms with Crippen LogP contribution in [0.25, 0.3) is 0 Å². The number of allylic oxidation sites excluding steroid dienone is 2. The van der Waals surface area contributed by atoms with Crippen LogP contribution in [-0.4, -0.2) is 31.5 Å². The van der Waals surface area contributed by atoms with E-state index in [9.17, 15) is 4.79 Å². The molecule has 0 bridgehead atoms. The number of carbonyl (C=O) groups excluding carboxylic acids is 1. The van der Waals surface area contributed by atoms with Gasteiger partial charge >= 0.3 is 0 Å². The van der Waals surface area contributed by atoms with Crippen molar-refractivity contribution >= 4 is 13.0 Å². The van der Waals surface area contributed by atoms with E-state index in [1.54, 1.807) is 0 Å². The van der Waals surface area contributed by atoms with E-state index < -0.39 is 0 Å². The standard InChI is InChI=1S/C8H14N2O/c1-7(9-3)8(2)10(4)5-6-11/h6H,3,5H2,1-2,4H3/b8-7-. The smallest absolute Gasteiger partial charge is 0.139 e. The third-order valence-electron chi connectivity index (χ3n) is 1.68. The molecule has 0 amide bonds. The Labute approximate surface area is 67.4 Å². The number of likely N-dealkylation sites (N-methyl/N-ethyl adjacent to an activating group) is 1. The molecule has 11 heavy (non-hydrogen) atoms. The van der Waals surface area contributed by atoms with Crippen LogP contribution >= 0.6 is 0 Å². The van der Waals surface area contributed by atoms with E-state index in [-0.39, 0.29) is 0 Å². The maximum absolute atomic E-state index is 10.1. The molecule has 0 rings (SSSR count). The van der Waals surface area contributed by atoms with Crippen LogP contribution in [0.1, 0.15) is 13.8 Å². The zero-order valence-electron chi connectivity index (χ0n) is 7.29. The van der Waals surface area contributed by atoms with Crippen LogP contribution in [0.2, 0.25) is 0 Å². The summed E-state index contributed by atoms with van der Waals surface area (Å²) in [6.07, 6.45) is 0.861. The molecule has 62 valence electrons. The van der Waals surface area contributed by atoms with E-state index in [2.05, 4.69) is 11.7 Å². The summed E-state index contributed by atoms with van der Waals surface area (Å²) in [5.41, 5.74) is 1.83. The molecule has 0 saturated carbocycles. The van der Waals surface area contributed by atoms with Gasteiger partial charge in [0.1, 0.15) is 6.29 Å². The Morgan fingerprint density at radius 1 is 1.64 bits per heavy atom. The maximum Gasteiger partial charge on any atom is 0.139 e. The van der Waals surface area contributed by atoms with Crippen molar-refractivity contribution in [1.29, 1.82) is 0 Å². The molecule has 3 nitrogen and oxygen atoms in total. The van der Waals surface area contributed by atoms with Crippen molar-refractivity contribution in [2.75, 3.05) is 13.6 Å². The van der Waals surface area contributed by atoms with Crippen molar-refractivity contribution < 1.29 is 4.79 Å². The number of aliphatic imine (C=N–C) groups is 1. The topological polar surface area (TPSA) is 32.7 Å². The predicted molar refractivity (Wildman–Crippen MR) is 46.6 cm³/mol. The van der Waals surface area contributed by atoms with E-state index in [0.717, 1.165) is 17.7 Å². The molecular formula is C8H14N2O. The second-order valence-corrected chi connectivity index (χ2v) is 2.38. The molecule has 0 spiro atoms. The van der Waals surface area contributed by atoms with E-state index in [4.69, 9.17) is 0 Å². The second-order valence-electron chi connectivity index (χ2n) is 2.38. The van der Waals surface area contributed by atoms with E-state index in [1.165, 1.54) is 0 Å². The summed E-state index contributed by atoms with van der Waals surface area (Å²) in [6, 6.07) is 0. The second kappa shape index (κ2) is 4.66. The first-order valence-corrected chi connectivity index (χ1v) is 3.42. The average molecular weight is 154 g/mol. The fourth-order valence-electron chi connectivity index (χ4n) is 0.639. The molecule has 0 saturated heterocycles. The molecule has 0 aromatic rings. The maximum atomic E-state index is 10.1. The number of aldehydes is 1. The number of rotatable bonds is 4. The number of hydrogen-bond acceptors (Lipinski definition) is 3. The Morgan fingerprint density at radius 2 is 2.18 bits per heavy atom. The number of carbonyl (C=O) groups is 1. The first-order chi connectivity index (χ1) is 5.13. The fourth-order valence-corrected chi connectivity index (χ4v) is 0.639. The van der Waals surface area contributed by atoms with Gasteiger partial charge in [0.25, 0.3) is 0 Å². The third-order valence-corrected chi connectivity index (χ3v) is 1.68. The molecule has 0 aliphatic heterocycles. The molecule has 0 aromatic heterocycles. The highest BCUT2D eigenvalue weighted by molar-refractivity contribution is 5.52.